The van der Waals surface area contributed by atoms with Gasteiger partial charge < -0.3 is 4.74 Å². The van der Waals surface area contributed by atoms with Crippen molar-refractivity contribution in [3.63, 3.8) is 0 Å². The lowest BCUT2D eigenvalue weighted by molar-refractivity contribution is -0.0498. The molecular formula is C14H14F2N2O2. The van der Waals surface area contributed by atoms with Crippen molar-refractivity contribution >= 4 is 6.29 Å². The average Bonchev–Trinajstić information content (AvgIpc) is 2.82. The Kier molecular flexibility index (Phi) is 4.45. The molecule has 20 heavy (non-hydrogen) atoms. The average molecular weight is 280 g/mol. The van der Waals surface area contributed by atoms with E-state index in [1.165, 1.54) is 12.1 Å². The second kappa shape index (κ2) is 6.27. The van der Waals surface area contributed by atoms with Crippen molar-refractivity contribution in [2.24, 2.45) is 0 Å². The highest BCUT2D eigenvalue weighted by Gasteiger charge is 2.12. The number of nitrogens with zero attached hydrogens (tertiary/aromatic N) is 2. The topological polar surface area (TPSA) is 44.1 Å². The van der Waals surface area contributed by atoms with Gasteiger partial charge in [0.25, 0.3) is 0 Å². The molecule has 0 aliphatic carbocycles. The van der Waals surface area contributed by atoms with Crippen LogP contribution in [0.15, 0.2) is 30.5 Å². The van der Waals surface area contributed by atoms with Crippen molar-refractivity contribution in [3.8, 4) is 17.0 Å². The summed E-state index contributed by atoms with van der Waals surface area (Å²) in [6, 6.07) is 6.15. The molecule has 1 aromatic carbocycles. The van der Waals surface area contributed by atoms with E-state index in [1.807, 2.05) is 6.92 Å². The van der Waals surface area contributed by atoms with Crippen LogP contribution in [-0.4, -0.2) is 22.7 Å². The standard InChI is InChI=1S/C14H14F2N2O2/c1-2-6-18-8-11(9-19)13(17-18)10-4-3-5-12(7-10)20-14(15)16/h3-5,7-9,14H,2,6H2,1H3. The molecule has 0 aliphatic rings. The number of benzene rings is 1. The van der Waals surface area contributed by atoms with Crippen molar-refractivity contribution in [3.05, 3.63) is 36.0 Å². The first-order valence-corrected chi connectivity index (χ1v) is 6.22. The predicted octanol–water partition coefficient (Wildman–Crippen LogP) is 3.37. The zero-order valence-electron chi connectivity index (χ0n) is 10.9. The number of halogens is 2. The summed E-state index contributed by atoms with van der Waals surface area (Å²) in [5.41, 5.74) is 1.46. The molecule has 6 heteroatoms. The summed E-state index contributed by atoms with van der Waals surface area (Å²) in [4.78, 5) is 11.1. The van der Waals surface area contributed by atoms with Gasteiger partial charge in [0.2, 0.25) is 0 Å². The zero-order valence-corrected chi connectivity index (χ0v) is 10.9. The molecule has 1 aromatic heterocycles. The molecule has 0 saturated heterocycles. The van der Waals surface area contributed by atoms with E-state index < -0.39 is 6.61 Å². The zero-order chi connectivity index (χ0) is 14.5. The van der Waals surface area contributed by atoms with E-state index in [0.717, 1.165) is 6.42 Å². The van der Waals surface area contributed by atoms with Crippen molar-refractivity contribution in [2.45, 2.75) is 26.5 Å². The number of rotatable bonds is 6. The second-order valence-corrected chi connectivity index (χ2v) is 4.22. The lowest BCUT2D eigenvalue weighted by Gasteiger charge is -2.05. The highest BCUT2D eigenvalue weighted by molar-refractivity contribution is 5.85. The molecule has 0 fully saturated rings. The van der Waals surface area contributed by atoms with Gasteiger partial charge in [-0.15, -0.1) is 0 Å². The van der Waals surface area contributed by atoms with E-state index in [9.17, 15) is 13.6 Å². The van der Waals surface area contributed by atoms with E-state index in [2.05, 4.69) is 9.84 Å². The van der Waals surface area contributed by atoms with Crippen LogP contribution in [-0.2, 0) is 6.54 Å². The first-order valence-electron chi connectivity index (χ1n) is 6.22. The minimum absolute atomic E-state index is 0.0411. The molecule has 1 heterocycles. The van der Waals surface area contributed by atoms with Crippen LogP contribution in [0, 0.1) is 0 Å². The molecule has 0 atom stereocenters. The molecule has 4 nitrogen and oxygen atoms in total. The number of hydrogen-bond acceptors (Lipinski definition) is 3. The van der Waals surface area contributed by atoms with Crippen LogP contribution in [0.5, 0.6) is 5.75 Å². The van der Waals surface area contributed by atoms with Crippen molar-refractivity contribution in [1.29, 1.82) is 0 Å². The van der Waals surface area contributed by atoms with E-state index in [0.29, 0.717) is 29.7 Å². The first kappa shape index (κ1) is 14.2. The highest BCUT2D eigenvalue weighted by atomic mass is 19.3. The third-order valence-corrected chi connectivity index (χ3v) is 2.70. The number of hydrogen-bond donors (Lipinski definition) is 0. The normalized spacial score (nSPS) is 10.8. The summed E-state index contributed by atoms with van der Waals surface area (Å²) in [5, 5.41) is 4.30. The molecule has 0 aliphatic heterocycles. The van der Waals surface area contributed by atoms with Gasteiger partial charge >= 0.3 is 6.61 Å². The second-order valence-electron chi connectivity index (χ2n) is 4.22. The SMILES string of the molecule is CCCn1cc(C=O)c(-c2cccc(OC(F)F)c2)n1. The maximum Gasteiger partial charge on any atom is 0.387 e. The Balaban J connectivity index is 2.37. The number of aromatic nitrogens is 2. The Labute approximate surface area is 115 Å². The van der Waals surface area contributed by atoms with Gasteiger partial charge in [0.15, 0.2) is 6.29 Å². The van der Waals surface area contributed by atoms with Gasteiger partial charge in [-0.25, -0.2) is 0 Å². The third-order valence-electron chi connectivity index (χ3n) is 2.70. The Bertz CT molecular complexity index is 597. The molecule has 0 saturated carbocycles. The van der Waals surface area contributed by atoms with Crippen molar-refractivity contribution in [1.82, 2.24) is 9.78 Å². The summed E-state index contributed by atoms with van der Waals surface area (Å²) >= 11 is 0. The number of carbonyl (C=O) groups is 1. The van der Waals surface area contributed by atoms with Crippen LogP contribution >= 0.6 is 0 Å². The van der Waals surface area contributed by atoms with Crippen molar-refractivity contribution < 1.29 is 18.3 Å². The fourth-order valence-corrected chi connectivity index (χ4v) is 1.91. The number of ether oxygens (including phenoxy) is 1. The monoisotopic (exact) mass is 280 g/mol. The van der Waals surface area contributed by atoms with Gasteiger partial charge in [-0.1, -0.05) is 19.1 Å². The van der Waals surface area contributed by atoms with Crippen LogP contribution in [0.3, 0.4) is 0 Å². The minimum Gasteiger partial charge on any atom is -0.435 e. The maximum absolute atomic E-state index is 12.2. The Morgan fingerprint density at radius 1 is 1.45 bits per heavy atom. The molecule has 0 spiro atoms. The van der Waals surface area contributed by atoms with Gasteiger partial charge in [-0.05, 0) is 18.6 Å². The van der Waals surface area contributed by atoms with Crippen LogP contribution in [0.1, 0.15) is 23.7 Å². The summed E-state index contributed by atoms with van der Waals surface area (Å²) in [5.74, 6) is 0.0411. The summed E-state index contributed by atoms with van der Waals surface area (Å²) in [7, 11) is 0. The Hall–Kier alpha value is -2.24. The lowest BCUT2D eigenvalue weighted by Crippen LogP contribution is -2.01. The van der Waals surface area contributed by atoms with E-state index >= 15 is 0 Å². The Morgan fingerprint density at radius 3 is 2.90 bits per heavy atom. The molecule has 0 unspecified atom stereocenters. The number of aryl methyl sites for hydroxylation is 1. The van der Waals surface area contributed by atoms with Crippen LogP contribution < -0.4 is 4.74 Å². The highest BCUT2D eigenvalue weighted by Crippen LogP contribution is 2.26. The largest absolute Gasteiger partial charge is 0.435 e. The molecule has 2 rings (SSSR count). The Morgan fingerprint density at radius 2 is 2.25 bits per heavy atom. The molecule has 106 valence electrons. The minimum atomic E-state index is -2.88. The van der Waals surface area contributed by atoms with E-state index in [-0.39, 0.29) is 5.75 Å². The lowest BCUT2D eigenvalue weighted by atomic mass is 10.1. The van der Waals surface area contributed by atoms with Crippen LogP contribution in [0.4, 0.5) is 8.78 Å². The van der Waals surface area contributed by atoms with Gasteiger partial charge in [0.05, 0.1) is 5.56 Å². The summed E-state index contributed by atoms with van der Waals surface area (Å²) in [6.07, 6.45) is 3.23. The molecule has 0 N–H and O–H groups in total. The number of carbonyl (C=O) groups excluding carboxylic acids is 1. The van der Waals surface area contributed by atoms with Gasteiger partial charge in [0, 0.05) is 18.3 Å². The molecular weight excluding hydrogens is 266 g/mol. The molecule has 0 bridgehead atoms. The quantitative estimate of drug-likeness (QED) is 0.762. The molecule has 2 aromatic rings. The summed E-state index contributed by atoms with van der Waals surface area (Å²) < 4.78 is 30.4. The van der Waals surface area contributed by atoms with Crippen LogP contribution in [0.2, 0.25) is 0 Å². The maximum atomic E-state index is 12.2. The number of aldehydes is 1. The fraction of sp³-hybridized carbons (Fsp3) is 0.286. The van der Waals surface area contributed by atoms with Gasteiger partial charge in [-0.2, -0.15) is 13.9 Å². The van der Waals surface area contributed by atoms with Crippen molar-refractivity contribution in [2.75, 3.05) is 0 Å². The molecule has 0 amide bonds. The molecule has 0 radical (unpaired) electrons. The number of alkyl halides is 2. The third kappa shape index (κ3) is 3.20. The van der Waals surface area contributed by atoms with E-state index in [4.69, 9.17) is 0 Å². The van der Waals surface area contributed by atoms with Gasteiger partial charge in [0.1, 0.15) is 11.4 Å². The first-order chi connectivity index (χ1) is 9.63. The van der Waals surface area contributed by atoms with Crippen LogP contribution in [0.25, 0.3) is 11.3 Å². The predicted molar refractivity (Wildman–Crippen MR) is 70.0 cm³/mol. The van der Waals surface area contributed by atoms with E-state index in [1.54, 1.807) is 23.0 Å². The van der Waals surface area contributed by atoms with Gasteiger partial charge in [-0.3, -0.25) is 9.48 Å². The smallest absolute Gasteiger partial charge is 0.387 e. The summed E-state index contributed by atoms with van der Waals surface area (Å²) in [6.45, 7) is -0.193. The fourth-order valence-electron chi connectivity index (χ4n) is 1.91.